The molecule has 9 nitrogen and oxygen atoms in total. The number of benzene rings is 4. The van der Waals surface area contributed by atoms with E-state index in [2.05, 4.69) is 26.8 Å². The van der Waals surface area contributed by atoms with Crippen LogP contribution in [0.3, 0.4) is 0 Å². The zero-order chi connectivity index (χ0) is 33.1. The molecule has 1 heterocycles. The third-order valence-electron chi connectivity index (χ3n) is 7.65. The Hall–Kier alpha value is -4.64. The zero-order valence-electron chi connectivity index (χ0n) is 26.3. The lowest BCUT2D eigenvalue weighted by Gasteiger charge is -2.30. The number of carbonyl (C=O) groups is 1. The second-order valence-corrected chi connectivity index (χ2v) is 11.8. The fourth-order valence-corrected chi connectivity index (χ4v) is 5.46. The van der Waals surface area contributed by atoms with Crippen molar-refractivity contribution in [2.45, 2.75) is 31.0 Å². The highest BCUT2D eigenvalue weighted by atomic mass is 79.9. The zero-order valence-corrected chi connectivity index (χ0v) is 27.9. The highest BCUT2D eigenvalue weighted by Gasteiger charge is 2.52. The maximum Gasteiger partial charge on any atom is 0.266 e. The molecule has 4 aromatic rings. The number of nitrogens with zero attached hydrogens (tertiary/aromatic N) is 1. The molecule has 0 saturated heterocycles. The number of halogens is 1. The maximum atomic E-state index is 14.4. The summed E-state index contributed by atoms with van der Waals surface area (Å²) in [6, 6.07) is 30.5. The van der Waals surface area contributed by atoms with Crippen molar-refractivity contribution < 1.29 is 28.8 Å². The van der Waals surface area contributed by atoms with Crippen molar-refractivity contribution in [2.24, 2.45) is 4.99 Å². The molecule has 0 saturated carbocycles. The van der Waals surface area contributed by atoms with E-state index in [0.29, 0.717) is 48.3 Å². The topological polar surface area (TPSA) is 111 Å². The fourth-order valence-electron chi connectivity index (χ4n) is 5.19. The number of carbonyl (C=O) groups excluding carboxylic acids is 1. The number of nitrogens with one attached hydrogen (secondary N) is 2. The van der Waals surface area contributed by atoms with Crippen molar-refractivity contribution in [3.63, 3.8) is 0 Å². The van der Waals surface area contributed by atoms with E-state index < -0.39 is 11.6 Å². The predicted octanol–water partition coefficient (Wildman–Crippen LogP) is 6.41. The summed E-state index contributed by atoms with van der Waals surface area (Å²) in [6.07, 6.45) is 4.01. The molecule has 244 valence electrons. The van der Waals surface area contributed by atoms with Crippen molar-refractivity contribution in [1.82, 2.24) is 10.9 Å². The van der Waals surface area contributed by atoms with Gasteiger partial charge in [0.25, 0.3) is 5.91 Å². The highest BCUT2D eigenvalue weighted by Crippen LogP contribution is 2.43. The van der Waals surface area contributed by atoms with Crippen LogP contribution in [0.2, 0.25) is 0 Å². The van der Waals surface area contributed by atoms with Gasteiger partial charge in [-0.2, -0.15) is 0 Å². The van der Waals surface area contributed by atoms with Gasteiger partial charge in [0.2, 0.25) is 5.90 Å². The quantitative estimate of drug-likeness (QED) is 0.0972. The largest absolute Gasteiger partial charge is 0.497 e. The lowest BCUT2D eigenvalue weighted by molar-refractivity contribution is -0.129. The van der Waals surface area contributed by atoms with Crippen LogP contribution >= 0.6 is 15.9 Å². The minimum atomic E-state index is -1.36. The predicted molar refractivity (Wildman–Crippen MR) is 185 cm³/mol. The molecule has 0 spiro atoms. The van der Waals surface area contributed by atoms with Crippen molar-refractivity contribution in [2.75, 3.05) is 27.4 Å². The minimum Gasteiger partial charge on any atom is -0.497 e. The number of hydrogen-bond donors (Lipinski definition) is 3. The van der Waals surface area contributed by atoms with Crippen molar-refractivity contribution in [1.29, 1.82) is 0 Å². The molecule has 0 aliphatic carbocycles. The van der Waals surface area contributed by atoms with Crippen molar-refractivity contribution in [3.8, 4) is 17.2 Å². The van der Waals surface area contributed by atoms with E-state index in [0.717, 1.165) is 21.2 Å². The van der Waals surface area contributed by atoms with Gasteiger partial charge in [0, 0.05) is 42.1 Å². The number of methoxy groups -OCH3 is 2. The van der Waals surface area contributed by atoms with E-state index in [1.807, 2.05) is 103 Å². The van der Waals surface area contributed by atoms with Gasteiger partial charge in [0.05, 0.1) is 20.8 Å². The number of aliphatic hydroxyl groups is 1. The first-order chi connectivity index (χ1) is 22.9. The van der Waals surface area contributed by atoms with Gasteiger partial charge in [-0.3, -0.25) is 10.2 Å². The summed E-state index contributed by atoms with van der Waals surface area (Å²) in [5.41, 5.74) is 8.02. The molecule has 3 N–H and O–H groups in total. The number of amides is 1. The molecule has 0 radical (unpaired) electrons. The third-order valence-corrected chi connectivity index (χ3v) is 8.18. The van der Waals surface area contributed by atoms with Gasteiger partial charge in [-0.25, -0.2) is 10.4 Å². The Bertz CT molecular complexity index is 1660. The summed E-state index contributed by atoms with van der Waals surface area (Å²) in [6.45, 7) is 0.782. The van der Waals surface area contributed by atoms with Crippen LogP contribution in [0, 0.1) is 0 Å². The number of ether oxygens (including phenoxy) is 4. The van der Waals surface area contributed by atoms with Crippen molar-refractivity contribution in [3.05, 3.63) is 130 Å². The van der Waals surface area contributed by atoms with Gasteiger partial charge in [0.1, 0.15) is 17.2 Å². The number of aliphatic hydroxyl groups excluding tert-OH is 1. The molecular formula is C37H38BrN3O6. The highest BCUT2D eigenvalue weighted by molar-refractivity contribution is 9.10. The van der Waals surface area contributed by atoms with Crippen LogP contribution in [0.1, 0.15) is 41.2 Å². The van der Waals surface area contributed by atoms with Crippen molar-refractivity contribution >= 4 is 33.8 Å². The van der Waals surface area contributed by atoms with Gasteiger partial charge >= 0.3 is 0 Å². The van der Waals surface area contributed by atoms with Gasteiger partial charge in [-0.1, -0.05) is 70.5 Å². The molecular weight excluding hydrogens is 662 g/mol. The van der Waals surface area contributed by atoms with E-state index >= 15 is 0 Å². The van der Waals surface area contributed by atoms with E-state index in [9.17, 15) is 4.79 Å². The number of hydrogen-bond acceptors (Lipinski definition) is 8. The summed E-state index contributed by atoms with van der Waals surface area (Å²) in [5, 5.41) is 9.07. The Morgan fingerprint density at radius 1 is 0.957 bits per heavy atom. The van der Waals surface area contributed by atoms with Crippen LogP contribution in [-0.4, -0.2) is 49.9 Å². The monoisotopic (exact) mass is 699 g/mol. The summed E-state index contributed by atoms with van der Waals surface area (Å²) in [7, 11) is 3.19. The SMILES string of the molecule is COc1cc(CNNC(=O)[C@@]2(C/C=C/c3ccccc3)N=C(c3ccc(OCCCO)cc3)O[C@H]2c2ccc(Br)cc2)cc(OC)c1. The molecule has 5 rings (SSSR count). The average molecular weight is 701 g/mol. The van der Waals surface area contributed by atoms with E-state index in [1.165, 1.54) is 0 Å². The Morgan fingerprint density at radius 3 is 2.32 bits per heavy atom. The standard InChI is InChI=1S/C37H38BrN3O6/c1-44-32-22-27(23-33(24-32)45-2)25-39-41-36(43)37(19-6-10-26-8-4-3-5-9-26)34(28-11-15-30(38)16-12-28)47-35(40-37)29-13-17-31(18-14-29)46-21-7-20-42/h3-6,8-18,22-24,34,39,42H,7,19-21,25H2,1-2H3,(H,41,43)/b10-6+/t34-,37-/m0/s1. The first-order valence-corrected chi connectivity index (χ1v) is 16.1. The van der Waals surface area contributed by atoms with E-state index in [4.69, 9.17) is 29.0 Å². The maximum absolute atomic E-state index is 14.4. The molecule has 0 unspecified atom stereocenters. The lowest BCUT2D eigenvalue weighted by Crippen LogP contribution is -2.52. The normalized spacial score (nSPS) is 17.2. The minimum absolute atomic E-state index is 0.0611. The van der Waals surface area contributed by atoms with E-state index in [1.54, 1.807) is 20.3 Å². The van der Waals surface area contributed by atoms with E-state index in [-0.39, 0.29) is 18.9 Å². The summed E-state index contributed by atoms with van der Waals surface area (Å²) in [5.74, 6) is 1.96. The molecule has 10 heteroatoms. The molecule has 0 fully saturated rings. The molecule has 1 aliphatic rings. The van der Waals surface area contributed by atoms with Crippen LogP contribution < -0.4 is 25.1 Å². The van der Waals surface area contributed by atoms with Gasteiger partial charge in [0.15, 0.2) is 11.6 Å². The van der Waals surface area contributed by atoms with Crippen LogP contribution in [0.5, 0.6) is 17.2 Å². The third kappa shape index (κ3) is 8.59. The Morgan fingerprint density at radius 2 is 1.66 bits per heavy atom. The first-order valence-electron chi connectivity index (χ1n) is 15.3. The summed E-state index contributed by atoms with van der Waals surface area (Å²) < 4.78 is 24.0. The molecule has 1 aliphatic heterocycles. The molecule has 1 amide bonds. The number of hydrazine groups is 1. The van der Waals surface area contributed by atoms with Gasteiger partial charge in [-0.05, 0) is 65.2 Å². The van der Waals surface area contributed by atoms with Gasteiger partial charge < -0.3 is 24.1 Å². The fraction of sp³-hybridized carbons (Fsp3) is 0.243. The second kappa shape index (κ2) is 16.3. The Labute approximate surface area is 283 Å². The molecule has 4 aromatic carbocycles. The average Bonchev–Trinajstić information content (AvgIpc) is 3.50. The summed E-state index contributed by atoms with van der Waals surface area (Å²) in [4.78, 5) is 19.4. The van der Waals surface area contributed by atoms with Crippen LogP contribution in [0.25, 0.3) is 6.08 Å². The second-order valence-electron chi connectivity index (χ2n) is 10.9. The van der Waals surface area contributed by atoms with Crippen LogP contribution in [-0.2, 0) is 16.1 Å². The molecule has 2 atom stereocenters. The molecule has 47 heavy (non-hydrogen) atoms. The molecule has 0 aromatic heterocycles. The number of aliphatic imine (C=N–C) groups is 1. The first kappa shape index (κ1) is 33.7. The smallest absolute Gasteiger partial charge is 0.266 e. The Kier molecular flexibility index (Phi) is 11.7. The number of rotatable bonds is 15. The Balaban J connectivity index is 1.48. The van der Waals surface area contributed by atoms with Gasteiger partial charge in [-0.15, -0.1) is 0 Å². The summed E-state index contributed by atoms with van der Waals surface area (Å²) >= 11 is 3.52. The van der Waals surface area contributed by atoms with Crippen LogP contribution in [0.4, 0.5) is 0 Å². The lowest BCUT2D eigenvalue weighted by atomic mass is 9.84. The molecule has 0 bridgehead atoms. The van der Waals surface area contributed by atoms with Crippen LogP contribution in [0.15, 0.2) is 113 Å².